The van der Waals surface area contributed by atoms with Crippen molar-refractivity contribution >= 4 is 9.84 Å². The molecule has 0 atom stereocenters. The molecule has 0 aliphatic rings. The molecule has 0 aliphatic carbocycles. The van der Waals surface area contributed by atoms with E-state index in [1.165, 1.54) is 20.3 Å². The molecule has 1 aromatic heterocycles. The molecule has 0 aliphatic heterocycles. The fraction of sp³-hybridized carbons (Fsp3) is 0.190. The molecule has 3 aromatic rings. The van der Waals surface area contributed by atoms with Crippen LogP contribution in [0.25, 0.3) is 11.1 Å². The molecule has 146 valence electrons. The molecule has 0 unspecified atom stereocenters. The third-order valence-corrected chi connectivity index (χ3v) is 5.98. The zero-order chi connectivity index (χ0) is 20.1. The average Bonchev–Trinajstić information content (AvgIpc) is 2.73. The Morgan fingerprint density at radius 3 is 2.32 bits per heavy atom. The van der Waals surface area contributed by atoms with Crippen molar-refractivity contribution in [1.82, 2.24) is 4.98 Å². The molecule has 0 radical (unpaired) electrons. The van der Waals surface area contributed by atoms with Crippen molar-refractivity contribution in [1.29, 1.82) is 0 Å². The number of para-hydroxylation sites is 1. The Kier molecular flexibility index (Phi) is 5.84. The summed E-state index contributed by atoms with van der Waals surface area (Å²) >= 11 is 0. The van der Waals surface area contributed by atoms with Gasteiger partial charge in [0.2, 0.25) is 0 Å². The van der Waals surface area contributed by atoms with Crippen molar-refractivity contribution in [2.24, 2.45) is 0 Å². The Morgan fingerprint density at radius 1 is 0.857 bits per heavy atom. The average molecular weight is 399 g/mol. The number of hydrogen-bond donors (Lipinski definition) is 0. The van der Waals surface area contributed by atoms with Gasteiger partial charge >= 0.3 is 0 Å². The number of nitrogens with zero attached hydrogens (tertiary/aromatic N) is 1. The summed E-state index contributed by atoms with van der Waals surface area (Å²) in [5.74, 6) is 1.20. The number of sulfone groups is 1. The highest BCUT2D eigenvalue weighted by Crippen LogP contribution is 2.32. The second-order valence-electron chi connectivity index (χ2n) is 6.06. The number of aromatic nitrogens is 1. The quantitative estimate of drug-likeness (QED) is 0.602. The summed E-state index contributed by atoms with van der Waals surface area (Å²) in [5.41, 5.74) is 2.19. The molecule has 0 spiro atoms. The molecule has 0 N–H and O–H groups in total. The van der Waals surface area contributed by atoms with Crippen molar-refractivity contribution in [3.63, 3.8) is 0 Å². The molecule has 3 rings (SSSR count). The number of benzene rings is 2. The normalized spacial score (nSPS) is 11.1. The molecule has 0 saturated heterocycles. The zero-order valence-corrected chi connectivity index (χ0v) is 16.7. The lowest BCUT2D eigenvalue weighted by atomic mass is 10.1. The lowest BCUT2D eigenvalue weighted by molar-refractivity contribution is 0.392. The topological polar surface area (TPSA) is 74.7 Å². The van der Waals surface area contributed by atoms with Crippen LogP contribution in [0.3, 0.4) is 0 Å². The smallest absolute Gasteiger partial charge is 0.186 e. The van der Waals surface area contributed by atoms with Gasteiger partial charge in [0.05, 0.1) is 27.1 Å². The van der Waals surface area contributed by atoms with Gasteiger partial charge in [-0.25, -0.2) is 8.42 Å². The van der Waals surface area contributed by atoms with Gasteiger partial charge in [0.1, 0.15) is 22.1 Å². The lowest BCUT2D eigenvalue weighted by Gasteiger charge is -2.12. The van der Waals surface area contributed by atoms with E-state index < -0.39 is 9.84 Å². The number of rotatable bonds is 7. The molecular weight excluding hydrogens is 378 g/mol. The second-order valence-corrected chi connectivity index (χ2v) is 8.02. The number of methoxy groups -OCH3 is 3. The summed E-state index contributed by atoms with van der Waals surface area (Å²) in [6, 6.07) is 14.0. The Hall–Kier alpha value is -3.06. The van der Waals surface area contributed by atoms with Gasteiger partial charge in [-0.15, -0.1) is 0 Å². The van der Waals surface area contributed by atoms with Crippen LogP contribution >= 0.6 is 0 Å². The van der Waals surface area contributed by atoms with E-state index in [-0.39, 0.29) is 16.4 Å². The van der Waals surface area contributed by atoms with Gasteiger partial charge in [-0.05, 0) is 29.8 Å². The van der Waals surface area contributed by atoms with E-state index >= 15 is 0 Å². The maximum Gasteiger partial charge on any atom is 0.186 e. The number of ether oxygens (including phenoxy) is 3. The SMILES string of the molecule is COc1ccc(OC)c(S(=O)(=O)Cc2cncc(-c3ccccc3OC)c2)c1. The van der Waals surface area contributed by atoms with Gasteiger partial charge in [-0.2, -0.15) is 0 Å². The van der Waals surface area contributed by atoms with Gasteiger partial charge in [-0.3, -0.25) is 4.98 Å². The van der Waals surface area contributed by atoms with E-state index in [1.54, 1.807) is 37.7 Å². The maximum absolute atomic E-state index is 13.0. The van der Waals surface area contributed by atoms with Crippen molar-refractivity contribution in [3.05, 3.63) is 66.5 Å². The molecular formula is C21H21NO5S. The van der Waals surface area contributed by atoms with Crippen LogP contribution in [-0.2, 0) is 15.6 Å². The molecule has 0 amide bonds. The molecule has 28 heavy (non-hydrogen) atoms. The molecule has 1 heterocycles. The molecule has 7 heteroatoms. The summed E-state index contributed by atoms with van der Waals surface area (Å²) in [6.07, 6.45) is 3.23. The van der Waals surface area contributed by atoms with Crippen molar-refractivity contribution < 1.29 is 22.6 Å². The third-order valence-electron chi connectivity index (χ3n) is 4.28. The first-order chi connectivity index (χ1) is 13.5. The predicted molar refractivity (Wildman–Crippen MR) is 107 cm³/mol. The van der Waals surface area contributed by atoms with Gasteiger partial charge in [0.15, 0.2) is 9.84 Å². The first-order valence-electron chi connectivity index (χ1n) is 8.50. The molecule has 0 fully saturated rings. The highest BCUT2D eigenvalue weighted by Gasteiger charge is 2.22. The minimum atomic E-state index is -3.68. The van der Waals surface area contributed by atoms with Gasteiger partial charge in [-0.1, -0.05) is 18.2 Å². The van der Waals surface area contributed by atoms with Crippen LogP contribution in [0, 0.1) is 0 Å². The first kappa shape index (κ1) is 19.7. The van der Waals surface area contributed by atoms with Crippen LogP contribution in [0.15, 0.2) is 65.8 Å². The summed E-state index contributed by atoms with van der Waals surface area (Å²) < 4.78 is 41.8. The van der Waals surface area contributed by atoms with E-state index in [9.17, 15) is 8.42 Å². The van der Waals surface area contributed by atoms with Crippen LogP contribution in [0.2, 0.25) is 0 Å². The van der Waals surface area contributed by atoms with Gasteiger partial charge in [0, 0.05) is 29.6 Å². The Labute approximate surface area is 164 Å². The van der Waals surface area contributed by atoms with E-state index in [2.05, 4.69) is 4.98 Å². The third kappa shape index (κ3) is 4.09. The fourth-order valence-corrected chi connectivity index (χ4v) is 4.43. The largest absolute Gasteiger partial charge is 0.497 e. The van der Waals surface area contributed by atoms with Crippen molar-refractivity contribution in [2.75, 3.05) is 21.3 Å². The lowest BCUT2D eigenvalue weighted by Crippen LogP contribution is -2.08. The Morgan fingerprint density at radius 2 is 1.61 bits per heavy atom. The van der Waals surface area contributed by atoms with E-state index in [1.807, 2.05) is 24.3 Å². The van der Waals surface area contributed by atoms with Gasteiger partial charge in [0.25, 0.3) is 0 Å². The minimum absolute atomic E-state index is 0.0806. The number of hydrogen-bond acceptors (Lipinski definition) is 6. The molecule has 6 nitrogen and oxygen atoms in total. The van der Waals surface area contributed by atoms with Crippen molar-refractivity contribution in [3.8, 4) is 28.4 Å². The summed E-state index contributed by atoms with van der Waals surface area (Å²) in [5, 5.41) is 0. The maximum atomic E-state index is 13.0. The predicted octanol–water partition coefficient (Wildman–Crippen LogP) is 3.75. The Balaban J connectivity index is 1.98. The molecule has 2 aromatic carbocycles. The standard InChI is InChI=1S/C21H21NO5S/c1-25-17-8-9-20(27-3)21(11-17)28(23,24)14-15-10-16(13-22-12-15)18-6-4-5-7-19(18)26-2/h4-13H,14H2,1-3H3. The van der Waals surface area contributed by atoms with E-state index in [0.717, 1.165) is 11.1 Å². The van der Waals surface area contributed by atoms with Crippen molar-refractivity contribution in [2.45, 2.75) is 10.6 Å². The second kappa shape index (κ2) is 8.31. The van der Waals surface area contributed by atoms with Crippen LogP contribution in [0.5, 0.6) is 17.2 Å². The summed E-state index contributed by atoms with van der Waals surface area (Å²) in [4.78, 5) is 4.30. The highest BCUT2D eigenvalue weighted by molar-refractivity contribution is 7.90. The zero-order valence-electron chi connectivity index (χ0n) is 15.9. The van der Waals surface area contributed by atoms with Crippen LogP contribution in [0.1, 0.15) is 5.56 Å². The van der Waals surface area contributed by atoms with Crippen LogP contribution in [0.4, 0.5) is 0 Å². The first-order valence-corrected chi connectivity index (χ1v) is 10.2. The number of pyridine rings is 1. The van der Waals surface area contributed by atoms with Crippen LogP contribution < -0.4 is 14.2 Å². The summed E-state index contributed by atoms with van der Waals surface area (Å²) in [7, 11) is 0.834. The molecule has 0 bridgehead atoms. The van der Waals surface area contributed by atoms with E-state index in [0.29, 0.717) is 17.1 Å². The minimum Gasteiger partial charge on any atom is -0.497 e. The van der Waals surface area contributed by atoms with E-state index in [4.69, 9.17) is 14.2 Å². The van der Waals surface area contributed by atoms with Gasteiger partial charge < -0.3 is 14.2 Å². The monoisotopic (exact) mass is 399 g/mol. The Bertz CT molecular complexity index is 1080. The molecule has 0 saturated carbocycles. The van der Waals surface area contributed by atoms with Crippen LogP contribution in [-0.4, -0.2) is 34.7 Å². The fourth-order valence-electron chi connectivity index (χ4n) is 2.92. The highest BCUT2D eigenvalue weighted by atomic mass is 32.2. The summed E-state index contributed by atoms with van der Waals surface area (Å²) in [6.45, 7) is 0.